The average Bonchev–Trinajstić information content (AvgIpc) is 3.13. The van der Waals surface area contributed by atoms with Crippen LogP contribution in [-0.2, 0) is 0 Å². The second kappa shape index (κ2) is 4.46. The van der Waals surface area contributed by atoms with E-state index in [0.29, 0.717) is 17.3 Å². The standard InChI is InChI=1S/C22H20/c1-3-8-18-16(6-1)10-12-20(18)22(14-5-15-22)21-13-11-17-7-2-4-9-19(17)21/h1-4,6-13,20-21H,5,14-15H2. The number of allylic oxidation sites excluding steroid dienone is 2. The van der Waals surface area contributed by atoms with Gasteiger partial charge in [-0.2, -0.15) is 0 Å². The fourth-order valence-electron chi connectivity index (χ4n) is 4.90. The predicted molar refractivity (Wildman–Crippen MR) is 92.7 cm³/mol. The first kappa shape index (κ1) is 12.5. The highest BCUT2D eigenvalue weighted by Gasteiger charge is 2.51. The maximum absolute atomic E-state index is 2.47. The molecule has 0 heterocycles. The molecule has 0 aliphatic heterocycles. The van der Waals surface area contributed by atoms with Crippen molar-refractivity contribution in [2.24, 2.45) is 5.41 Å². The smallest absolute Gasteiger partial charge is 0.00925 e. The Hall–Kier alpha value is -2.08. The maximum atomic E-state index is 2.47. The van der Waals surface area contributed by atoms with Crippen molar-refractivity contribution in [3.05, 3.63) is 82.9 Å². The van der Waals surface area contributed by atoms with Crippen LogP contribution >= 0.6 is 0 Å². The molecule has 3 aliphatic rings. The molecular weight excluding hydrogens is 264 g/mol. The van der Waals surface area contributed by atoms with Crippen molar-refractivity contribution in [2.45, 2.75) is 31.1 Å². The Balaban J connectivity index is 1.61. The lowest BCUT2D eigenvalue weighted by atomic mass is 9.53. The fourth-order valence-corrected chi connectivity index (χ4v) is 4.90. The molecule has 0 nitrogen and oxygen atoms in total. The molecule has 0 bridgehead atoms. The lowest BCUT2D eigenvalue weighted by molar-refractivity contribution is 0.0937. The van der Waals surface area contributed by atoms with Gasteiger partial charge in [0, 0.05) is 11.8 Å². The van der Waals surface area contributed by atoms with Gasteiger partial charge >= 0.3 is 0 Å². The minimum atomic E-state index is 0.395. The summed E-state index contributed by atoms with van der Waals surface area (Å²) in [6.07, 6.45) is 13.7. The molecule has 0 amide bonds. The Labute approximate surface area is 132 Å². The highest BCUT2D eigenvalue weighted by molar-refractivity contribution is 5.67. The molecule has 2 aromatic carbocycles. The van der Waals surface area contributed by atoms with E-state index in [-0.39, 0.29) is 0 Å². The molecule has 2 atom stereocenters. The summed E-state index contributed by atoms with van der Waals surface area (Å²) in [6, 6.07) is 17.9. The highest BCUT2D eigenvalue weighted by atomic mass is 14.5. The molecule has 1 fully saturated rings. The predicted octanol–water partition coefficient (Wildman–Crippen LogP) is 5.78. The van der Waals surface area contributed by atoms with Crippen LogP contribution in [0.1, 0.15) is 53.4 Å². The largest absolute Gasteiger partial charge is 0.0758 e. The molecule has 0 heteroatoms. The van der Waals surface area contributed by atoms with Gasteiger partial charge < -0.3 is 0 Å². The molecule has 1 saturated carbocycles. The Morgan fingerprint density at radius 2 is 1.18 bits per heavy atom. The van der Waals surface area contributed by atoms with E-state index in [0.717, 1.165) is 0 Å². The van der Waals surface area contributed by atoms with Gasteiger partial charge in [0.25, 0.3) is 0 Å². The minimum absolute atomic E-state index is 0.395. The summed E-state index contributed by atoms with van der Waals surface area (Å²) in [6.45, 7) is 0. The van der Waals surface area contributed by atoms with Crippen LogP contribution in [0.2, 0.25) is 0 Å². The van der Waals surface area contributed by atoms with Gasteiger partial charge in [-0.1, -0.05) is 79.3 Å². The summed E-state index contributed by atoms with van der Waals surface area (Å²) < 4.78 is 0. The fraction of sp³-hybridized carbons (Fsp3) is 0.273. The van der Waals surface area contributed by atoms with Crippen LogP contribution in [0.4, 0.5) is 0 Å². The van der Waals surface area contributed by atoms with Gasteiger partial charge in [0.1, 0.15) is 0 Å². The Bertz CT molecular complexity index is 726. The van der Waals surface area contributed by atoms with E-state index in [1.54, 1.807) is 11.1 Å². The van der Waals surface area contributed by atoms with E-state index < -0.39 is 0 Å². The van der Waals surface area contributed by atoms with Crippen molar-refractivity contribution >= 4 is 12.2 Å². The molecule has 0 spiro atoms. The lowest BCUT2D eigenvalue weighted by Crippen LogP contribution is -2.39. The van der Waals surface area contributed by atoms with Gasteiger partial charge in [0.05, 0.1) is 0 Å². The van der Waals surface area contributed by atoms with Crippen LogP contribution in [0.15, 0.2) is 60.7 Å². The summed E-state index contributed by atoms with van der Waals surface area (Å²) in [7, 11) is 0. The molecule has 108 valence electrons. The first-order chi connectivity index (χ1) is 10.9. The van der Waals surface area contributed by atoms with E-state index >= 15 is 0 Å². The van der Waals surface area contributed by atoms with Crippen LogP contribution in [-0.4, -0.2) is 0 Å². The zero-order valence-corrected chi connectivity index (χ0v) is 12.7. The van der Waals surface area contributed by atoms with Crippen LogP contribution in [0.3, 0.4) is 0 Å². The summed E-state index contributed by atoms with van der Waals surface area (Å²) in [5, 5.41) is 0. The van der Waals surface area contributed by atoms with Crippen LogP contribution < -0.4 is 0 Å². The highest BCUT2D eigenvalue weighted by Crippen LogP contribution is 2.63. The number of rotatable bonds is 2. The summed E-state index contributed by atoms with van der Waals surface area (Å²) in [5.41, 5.74) is 6.33. The van der Waals surface area contributed by atoms with Crippen molar-refractivity contribution in [2.75, 3.05) is 0 Å². The monoisotopic (exact) mass is 284 g/mol. The molecule has 0 aromatic heterocycles. The van der Waals surface area contributed by atoms with Crippen molar-refractivity contribution in [3.63, 3.8) is 0 Å². The molecular formula is C22H20. The molecule has 0 radical (unpaired) electrons. The van der Waals surface area contributed by atoms with Crippen LogP contribution in [0, 0.1) is 5.41 Å². The number of benzene rings is 2. The number of fused-ring (bicyclic) bond motifs is 2. The van der Waals surface area contributed by atoms with Crippen LogP contribution in [0.25, 0.3) is 12.2 Å². The average molecular weight is 284 g/mol. The molecule has 0 saturated heterocycles. The summed E-state index contributed by atoms with van der Waals surface area (Å²) in [4.78, 5) is 0. The lowest BCUT2D eigenvalue weighted by Gasteiger charge is -2.51. The molecule has 3 aliphatic carbocycles. The van der Waals surface area contributed by atoms with Crippen LogP contribution in [0.5, 0.6) is 0 Å². The summed E-state index contributed by atoms with van der Waals surface area (Å²) in [5.74, 6) is 1.16. The van der Waals surface area contributed by atoms with Gasteiger partial charge in [-0.15, -0.1) is 0 Å². The first-order valence-corrected chi connectivity index (χ1v) is 8.43. The molecule has 5 rings (SSSR count). The van der Waals surface area contributed by atoms with Crippen molar-refractivity contribution < 1.29 is 0 Å². The zero-order chi connectivity index (χ0) is 14.6. The van der Waals surface area contributed by atoms with E-state index in [1.807, 2.05) is 0 Å². The topological polar surface area (TPSA) is 0 Å². The van der Waals surface area contributed by atoms with Gasteiger partial charge in [-0.05, 0) is 40.5 Å². The summed E-state index contributed by atoms with van der Waals surface area (Å²) >= 11 is 0. The molecule has 2 unspecified atom stereocenters. The quantitative estimate of drug-likeness (QED) is 0.656. The zero-order valence-electron chi connectivity index (χ0n) is 12.7. The van der Waals surface area contributed by atoms with Crippen molar-refractivity contribution in [3.8, 4) is 0 Å². The van der Waals surface area contributed by atoms with Crippen molar-refractivity contribution in [1.29, 1.82) is 0 Å². The Morgan fingerprint density at radius 1 is 0.682 bits per heavy atom. The van der Waals surface area contributed by atoms with Gasteiger partial charge in [0.15, 0.2) is 0 Å². The molecule has 0 N–H and O–H groups in total. The first-order valence-electron chi connectivity index (χ1n) is 8.43. The second-order valence-corrected chi connectivity index (χ2v) is 7.02. The Kier molecular flexibility index (Phi) is 2.52. The van der Waals surface area contributed by atoms with Gasteiger partial charge in [-0.3, -0.25) is 0 Å². The van der Waals surface area contributed by atoms with Gasteiger partial charge in [-0.25, -0.2) is 0 Å². The van der Waals surface area contributed by atoms with Crippen molar-refractivity contribution in [1.82, 2.24) is 0 Å². The van der Waals surface area contributed by atoms with E-state index in [4.69, 9.17) is 0 Å². The van der Waals surface area contributed by atoms with E-state index in [9.17, 15) is 0 Å². The van der Waals surface area contributed by atoms with E-state index in [1.165, 1.54) is 30.4 Å². The normalized spacial score (nSPS) is 26.5. The molecule has 22 heavy (non-hydrogen) atoms. The third-order valence-corrected chi connectivity index (χ3v) is 6.12. The maximum Gasteiger partial charge on any atom is 0.00925 e. The Morgan fingerprint density at radius 3 is 1.64 bits per heavy atom. The second-order valence-electron chi connectivity index (χ2n) is 7.02. The number of hydrogen-bond acceptors (Lipinski definition) is 0. The van der Waals surface area contributed by atoms with Gasteiger partial charge in [0.2, 0.25) is 0 Å². The number of hydrogen-bond donors (Lipinski definition) is 0. The minimum Gasteiger partial charge on any atom is -0.0758 e. The third-order valence-electron chi connectivity index (χ3n) is 6.12. The SMILES string of the molecule is C1=CC(C2(C3C=Cc4ccccc43)CCC2)c2ccccc21. The van der Waals surface area contributed by atoms with E-state index in [2.05, 4.69) is 72.8 Å². The molecule has 2 aromatic rings. The third kappa shape index (κ3) is 1.53.